The first-order valence-electron chi connectivity index (χ1n) is 3.50. The Morgan fingerprint density at radius 2 is 2.55 bits per heavy atom. The van der Waals surface area contributed by atoms with Crippen molar-refractivity contribution in [2.24, 2.45) is 5.73 Å². The van der Waals surface area contributed by atoms with Crippen molar-refractivity contribution in [3.8, 4) is 0 Å². The second-order valence-electron chi connectivity index (χ2n) is 2.56. The Morgan fingerprint density at radius 3 is 3.00 bits per heavy atom. The monoisotopic (exact) mass is 152 g/mol. The lowest BCUT2D eigenvalue weighted by molar-refractivity contribution is 0.631. The second kappa shape index (κ2) is 3.18. The Bertz CT molecular complexity index is 251. The molecule has 11 heavy (non-hydrogen) atoms. The molecular weight excluding hydrogens is 140 g/mol. The summed E-state index contributed by atoms with van der Waals surface area (Å²) in [4.78, 5) is 0. The summed E-state index contributed by atoms with van der Waals surface area (Å²) < 4.78 is 1.79. The van der Waals surface area contributed by atoms with Crippen LogP contribution in [0.4, 0.5) is 0 Å². The Labute approximate surface area is 65.5 Å². The highest BCUT2D eigenvalue weighted by atomic mass is 15.3. The van der Waals surface area contributed by atoms with Crippen LogP contribution in [0.3, 0.4) is 0 Å². The summed E-state index contributed by atoms with van der Waals surface area (Å²) in [7, 11) is 0. The molecule has 0 aliphatic heterocycles. The number of nitrogens with one attached hydrogen (secondary N) is 1. The number of amidine groups is 1. The molecule has 0 unspecified atom stereocenters. The molecule has 1 rings (SSSR count). The Balaban J connectivity index is 2.45. The summed E-state index contributed by atoms with van der Waals surface area (Å²) in [5.74, 6) is 0.207. The average molecular weight is 152 g/mol. The maximum absolute atomic E-state index is 6.99. The van der Waals surface area contributed by atoms with Crippen molar-refractivity contribution in [1.29, 1.82) is 5.41 Å². The third kappa shape index (κ3) is 2.41. The van der Waals surface area contributed by atoms with Crippen LogP contribution >= 0.6 is 0 Å². The largest absolute Gasteiger partial charge is 0.388 e. The smallest absolute Gasteiger partial charge is 0.0923 e. The Hall–Kier alpha value is -1.32. The van der Waals surface area contributed by atoms with E-state index in [-0.39, 0.29) is 5.84 Å². The van der Waals surface area contributed by atoms with Gasteiger partial charge >= 0.3 is 0 Å². The van der Waals surface area contributed by atoms with E-state index < -0.39 is 0 Å². The lowest BCUT2D eigenvalue weighted by atomic mass is 10.4. The molecule has 0 aliphatic carbocycles. The molecule has 0 atom stereocenters. The van der Waals surface area contributed by atoms with Gasteiger partial charge in [0, 0.05) is 19.2 Å². The zero-order chi connectivity index (χ0) is 8.27. The number of hydrogen-bond acceptors (Lipinski definition) is 2. The van der Waals surface area contributed by atoms with Gasteiger partial charge in [0.1, 0.15) is 0 Å². The summed E-state index contributed by atoms with van der Waals surface area (Å²) >= 11 is 0. The predicted molar refractivity (Wildman–Crippen MR) is 43.5 cm³/mol. The Kier molecular flexibility index (Phi) is 2.25. The molecule has 0 fully saturated rings. The van der Waals surface area contributed by atoms with Gasteiger partial charge in [0.25, 0.3) is 0 Å². The summed E-state index contributed by atoms with van der Waals surface area (Å²) in [6.45, 7) is 2.68. The normalized spacial score (nSPS) is 9.91. The molecule has 0 radical (unpaired) electrons. The lowest BCUT2D eigenvalue weighted by Gasteiger charge is -1.97. The van der Waals surface area contributed by atoms with Gasteiger partial charge in [-0.25, -0.2) is 0 Å². The van der Waals surface area contributed by atoms with Gasteiger partial charge in [-0.05, 0) is 12.5 Å². The van der Waals surface area contributed by atoms with E-state index in [2.05, 4.69) is 5.10 Å². The van der Waals surface area contributed by atoms with E-state index >= 15 is 0 Å². The fourth-order valence-electron chi connectivity index (χ4n) is 0.824. The highest BCUT2D eigenvalue weighted by Gasteiger charge is 1.94. The fraction of sp³-hybridized carbons (Fsp3) is 0.429. The number of aryl methyl sites for hydroxylation is 2. The highest BCUT2D eigenvalue weighted by Crippen LogP contribution is 1.94. The third-order valence-electron chi connectivity index (χ3n) is 1.37. The molecule has 0 aromatic carbocycles. The average Bonchev–Trinajstić information content (AvgIpc) is 2.31. The molecule has 60 valence electrons. The van der Waals surface area contributed by atoms with Crippen molar-refractivity contribution in [1.82, 2.24) is 9.78 Å². The van der Waals surface area contributed by atoms with E-state index in [1.165, 1.54) is 0 Å². The molecule has 0 saturated heterocycles. The van der Waals surface area contributed by atoms with Crippen LogP contribution in [0.5, 0.6) is 0 Å². The summed E-state index contributed by atoms with van der Waals surface area (Å²) in [6.07, 6.45) is 4.30. The minimum atomic E-state index is 0.207. The topological polar surface area (TPSA) is 67.7 Å². The maximum atomic E-state index is 6.99. The van der Waals surface area contributed by atoms with E-state index in [1.54, 1.807) is 10.9 Å². The molecule has 0 aliphatic rings. The highest BCUT2D eigenvalue weighted by molar-refractivity contribution is 5.76. The van der Waals surface area contributed by atoms with Crippen molar-refractivity contribution < 1.29 is 0 Å². The zero-order valence-electron chi connectivity index (χ0n) is 6.54. The van der Waals surface area contributed by atoms with Crippen molar-refractivity contribution >= 4 is 5.84 Å². The minimum Gasteiger partial charge on any atom is -0.388 e. The van der Waals surface area contributed by atoms with E-state index in [1.807, 2.05) is 13.1 Å². The maximum Gasteiger partial charge on any atom is 0.0923 e. The van der Waals surface area contributed by atoms with E-state index in [4.69, 9.17) is 11.1 Å². The van der Waals surface area contributed by atoms with Crippen molar-refractivity contribution in [2.75, 3.05) is 0 Å². The Morgan fingerprint density at radius 1 is 1.82 bits per heavy atom. The molecule has 3 N–H and O–H groups in total. The van der Waals surface area contributed by atoms with Gasteiger partial charge in [0.15, 0.2) is 0 Å². The number of rotatable bonds is 3. The molecule has 0 spiro atoms. The molecular formula is C7H12N4. The van der Waals surface area contributed by atoms with Crippen LogP contribution in [0.25, 0.3) is 0 Å². The molecule has 0 amide bonds. The van der Waals surface area contributed by atoms with E-state index in [0.717, 1.165) is 5.56 Å². The van der Waals surface area contributed by atoms with Crippen molar-refractivity contribution in [2.45, 2.75) is 19.9 Å². The van der Waals surface area contributed by atoms with Crippen LogP contribution in [0.15, 0.2) is 12.4 Å². The van der Waals surface area contributed by atoms with Crippen molar-refractivity contribution in [3.05, 3.63) is 18.0 Å². The van der Waals surface area contributed by atoms with Crippen LogP contribution in [0.2, 0.25) is 0 Å². The van der Waals surface area contributed by atoms with Gasteiger partial charge in [-0.2, -0.15) is 5.10 Å². The van der Waals surface area contributed by atoms with Gasteiger partial charge in [-0.3, -0.25) is 10.1 Å². The van der Waals surface area contributed by atoms with Crippen LogP contribution in [0.1, 0.15) is 12.0 Å². The quantitative estimate of drug-likeness (QED) is 0.489. The van der Waals surface area contributed by atoms with E-state index in [9.17, 15) is 0 Å². The minimum absolute atomic E-state index is 0.207. The first-order chi connectivity index (χ1) is 5.18. The molecule has 0 bridgehead atoms. The van der Waals surface area contributed by atoms with Gasteiger partial charge in [-0.15, -0.1) is 0 Å². The molecule has 0 saturated carbocycles. The van der Waals surface area contributed by atoms with Crippen LogP contribution in [0, 0.1) is 12.3 Å². The van der Waals surface area contributed by atoms with Gasteiger partial charge in [-0.1, -0.05) is 0 Å². The summed E-state index contributed by atoms with van der Waals surface area (Å²) in [5.41, 5.74) is 6.32. The third-order valence-corrected chi connectivity index (χ3v) is 1.37. The zero-order valence-corrected chi connectivity index (χ0v) is 6.54. The summed E-state index contributed by atoms with van der Waals surface area (Å²) in [5, 5.41) is 11.0. The molecule has 1 heterocycles. The van der Waals surface area contributed by atoms with Crippen LogP contribution < -0.4 is 5.73 Å². The number of nitrogens with zero attached hydrogens (tertiary/aromatic N) is 2. The number of nitrogens with two attached hydrogens (primary N) is 1. The van der Waals surface area contributed by atoms with Crippen LogP contribution in [-0.2, 0) is 6.54 Å². The van der Waals surface area contributed by atoms with Gasteiger partial charge in [0.05, 0.1) is 12.0 Å². The van der Waals surface area contributed by atoms with Crippen molar-refractivity contribution in [3.63, 3.8) is 0 Å². The standard InChI is InChI=1S/C7H12N4/c1-6-4-10-11(5-6)3-2-7(8)9/h4-5H,2-3H2,1H3,(H3,8,9). The van der Waals surface area contributed by atoms with Gasteiger partial charge in [0.2, 0.25) is 0 Å². The SMILES string of the molecule is Cc1cnn(CCC(=N)N)c1. The van der Waals surface area contributed by atoms with E-state index in [0.29, 0.717) is 13.0 Å². The first kappa shape index (κ1) is 7.78. The fourth-order valence-corrected chi connectivity index (χ4v) is 0.824. The number of hydrogen-bond donors (Lipinski definition) is 2. The number of aromatic nitrogens is 2. The first-order valence-corrected chi connectivity index (χ1v) is 3.50. The molecule has 4 nitrogen and oxygen atoms in total. The van der Waals surface area contributed by atoms with Crippen LogP contribution in [-0.4, -0.2) is 15.6 Å². The predicted octanol–water partition coefficient (Wildman–Crippen LogP) is 0.518. The molecule has 4 heteroatoms. The molecule has 1 aromatic rings. The van der Waals surface area contributed by atoms with Gasteiger partial charge < -0.3 is 5.73 Å². The molecule has 1 aromatic heterocycles. The summed E-state index contributed by atoms with van der Waals surface area (Å²) in [6, 6.07) is 0. The second-order valence-corrected chi connectivity index (χ2v) is 2.56. The lowest BCUT2D eigenvalue weighted by Crippen LogP contribution is -2.13.